The van der Waals surface area contributed by atoms with Crippen LogP contribution in [0.25, 0.3) is 0 Å². The number of ether oxygens (including phenoxy) is 1. The van der Waals surface area contributed by atoms with Gasteiger partial charge in [0, 0.05) is 33.3 Å². The van der Waals surface area contributed by atoms with Crippen LogP contribution in [0.5, 0.6) is 0 Å². The molecular weight excluding hydrogens is 252 g/mol. The predicted octanol–water partition coefficient (Wildman–Crippen LogP) is 3.07. The van der Waals surface area contributed by atoms with Crippen LogP contribution in [0.3, 0.4) is 0 Å². The van der Waals surface area contributed by atoms with Crippen LogP contribution in [-0.2, 0) is 11.3 Å². The van der Waals surface area contributed by atoms with E-state index < -0.39 is 0 Å². The van der Waals surface area contributed by atoms with Crippen molar-refractivity contribution < 1.29 is 4.74 Å². The summed E-state index contributed by atoms with van der Waals surface area (Å²) in [6.07, 6.45) is 4.75. The molecule has 114 valence electrons. The van der Waals surface area contributed by atoms with Gasteiger partial charge in [-0.05, 0) is 12.8 Å². The smallest absolute Gasteiger partial charge is 0.158 e. The molecule has 0 amide bonds. The summed E-state index contributed by atoms with van der Waals surface area (Å²) in [6, 6.07) is 2.01. The summed E-state index contributed by atoms with van der Waals surface area (Å²) in [5.74, 6) is 2.57. The van der Waals surface area contributed by atoms with Gasteiger partial charge in [0.25, 0.3) is 0 Å². The van der Waals surface area contributed by atoms with Gasteiger partial charge in [0.2, 0.25) is 0 Å². The first kappa shape index (κ1) is 16.7. The van der Waals surface area contributed by atoms with Gasteiger partial charge in [-0.15, -0.1) is 0 Å². The summed E-state index contributed by atoms with van der Waals surface area (Å²) >= 11 is 0. The summed E-state index contributed by atoms with van der Waals surface area (Å²) in [6.45, 7) is 6.74. The summed E-state index contributed by atoms with van der Waals surface area (Å²) in [5.41, 5.74) is 0. The minimum Gasteiger partial charge on any atom is -0.377 e. The molecule has 0 unspecified atom stereocenters. The molecule has 1 heterocycles. The number of hydrogen-bond acceptors (Lipinski definition) is 5. The molecule has 0 radical (unpaired) electrons. The Bertz CT molecular complexity index is 384. The Kier molecular flexibility index (Phi) is 7.95. The Morgan fingerprint density at radius 1 is 1.20 bits per heavy atom. The molecule has 20 heavy (non-hydrogen) atoms. The lowest BCUT2D eigenvalue weighted by atomic mass is 10.2. The van der Waals surface area contributed by atoms with Gasteiger partial charge in [0.15, 0.2) is 5.82 Å². The number of rotatable bonds is 10. The third-order valence-corrected chi connectivity index (χ3v) is 3.08. The molecule has 0 fully saturated rings. The van der Waals surface area contributed by atoms with Gasteiger partial charge < -0.3 is 15.0 Å². The van der Waals surface area contributed by atoms with Gasteiger partial charge in [-0.2, -0.15) is 0 Å². The number of aromatic nitrogens is 2. The molecule has 0 spiro atoms. The number of nitrogens with zero attached hydrogens (tertiary/aromatic N) is 3. The number of unbranched alkanes of at least 4 members (excludes halogenated alkanes) is 2. The van der Waals surface area contributed by atoms with E-state index in [1.165, 1.54) is 19.3 Å². The van der Waals surface area contributed by atoms with E-state index in [4.69, 9.17) is 4.74 Å². The van der Waals surface area contributed by atoms with Gasteiger partial charge >= 0.3 is 0 Å². The summed E-state index contributed by atoms with van der Waals surface area (Å²) < 4.78 is 5.15. The van der Waals surface area contributed by atoms with E-state index >= 15 is 0 Å². The standard InChI is InChI=1S/C15H28N4O/c1-5-7-8-10-19(3)15-11-13(16-9-6-2)17-14(18-15)12-20-4/h11H,5-10,12H2,1-4H3,(H,16,17,18). The van der Waals surface area contributed by atoms with Crippen molar-refractivity contribution in [3.63, 3.8) is 0 Å². The first-order valence-electron chi connectivity index (χ1n) is 7.53. The Morgan fingerprint density at radius 3 is 2.65 bits per heavy atom. The minimum absolute atomic E-state index is 0.442. The van der Waals surface area contributed by atoms with Crippen LogP contribution in [0.1, 0.15) is 45.4 Å². The third kappa shape index (κ3) is 5.74. The van der Waals surface area contributed by atoms with Crippen LogP contribution < -0.4 is 10.2 Å². The fourth-order valence-corrected chi connectivity index (χ4v) is 1.93. The zero-order valence-electron chi connectivity index (χ0n) is 13.3. The second-order valence-corrected chi connectivity index (χ2v) is 5.02. The monoisotopic (exact) mass is 280 g/mol. The van der Waals surface area contributed by atoms with Crippen molar-refractivity contribution >= 4 is 11.6 Å². The van der Waals surface area contributed by atoms with Crippen molar-refractivity contribution in [3.05, 3.63) is 11.9 Å². The molecule has 5 heteroatoms. The molecule has 0 atom stereocenters. The van der Waals surface area contributed by atoms with Crippen molar-refractivity contribution in [2.24, 2.45) is 0 Å². The molecule has 5 nitrogen and oxygen atoms in total. The molecule has 0 saturated heterocycles. The fraction of sp³-hybridized carbons (Fsp3) is 0.733. The van der Waals surface area contributed by atoms with Crippen LogP contribution in [0.4, 0.5) is 11.6 Å². The fourth-order valence-electron chi connectivity index (χ4n) is 1.93. The Labute approximate surface area is 122 Å². The first-order chi connectivity index (χ1) is 9.71. The van der Waals surface area contributed by atoms with Crippen LogP contribution in [0.15, 0.2) is 6.07 Å². The van der Waals surface area contributed by atoms with E-state index in [0.29, 0.717) is 6.61 Å². The molecular formula is C15H28N4O. The molecule has 1 aromatic heterocycles. The minimum atomic E-state index is 0.442. The van der Waals surface area contributed by atoms with Crippen molar-refractivity contribution in [2.75, 3.05) is 37.5 Å². The van der Waals surface area contributed by atoms with Crippen molar-refractivity contribution in [2.45, 2.75) is 46.1 Å². The van der Waals surface area contributed by atoms with Gasteiger partial charge in [0.05, 0.1) is 0 Å². The first-order valence-corrected chi connectivity index (χ1v) is 7.53. The van der Waals surface area contributed by atoms with E-state index in [-0.39, 0.29) is 0 Å². The molecule has 0 aliphatic heterocycles. The van der Waals surface area contributed by atoms with Crippen molar-refractivity contribution in [3.8, 4) is 0 Å². The lowest BCUT2D eigenvalue weighted by molar-refractivity contribution is 0.178. The van der Waals surface area contributed by atoms with E-state index in [1.807, 2.05) is 6.07 Å². The van der Waals surface area contributed by atoms with E-state index in [0.717, 1.165) is 37.0 Å². The quantitative estimate of drug-likeness (QED) is 0.667. The zero-order valence-corrected chi connectivity index (χ0v) is 13.3. The molecule has 1 aromatic rings. The second-order valence-electron chi connectivity index (χ2n) is 5.02. The maximum absolute atomic E-state index is 5.15. The lowest BCUT2D eigenvalue weighted by Crippen LogP contribution is -2.21. The number of anilines is 2. The molecule has 1 rings (SSSR count). The predicted molar refractivity (Wildman–Crippen MR) is 84.3 cm³/mol. The molecule has 0 aliphatic carbocycles. The largest absolute Gasteiger partial charge is 0.377 e. The van der Waals surface area contributed by atoms with Gasteiger partial charge in [-0.1, -0.05) is 26.7 Å². The highest BCUT2D eigenvalue weighted by atomic mass is 16.5. The van der Waals surface area contributed by atoms with E-state index in [1.54, 1.807) is 7.11 Å². The molecule has 0 bridgehead atoms. The average Bonchev–Trinajstić information content (AvgIpc) is 2.45. The molecule has 0 aliphatic rings. The number of nitrogens with one attached hydrogen (secondary N) is 1. The van der Waals surface area contributed by atoms with Gasteiger partial charge in [-0.25, -0.2) is 9.97 Å². The lowest BCUT2D eigenvalue weighted by Gasteiger charge is -2.19. The summed E-state index contributed by atoms with van der Waals surface area (Å²) in [4.78, 5) is 11.2. The SMILES string of the molecule is CCCCCN(C)c1cc(NCCC)nc(COC)n1. The van der Waals surface area contributed by atoms with Crippen LogP contribution in [-0.4, -0.2) is 37.2 Å². The van der Waals surface area contributed by atoms with Gasteiger partial charge in [0.1, 0.15) is 18.2 Å². The summed E-state index contributed by atoms with van der Waals surface area (Å²) in [7, 11) is 3.75. The zero-order chi connectivity index (χ0) is 14.8. The van der Waals surface area contributed by atoms with Crippen molar-refractivity contribution in [1.29, 1.82) is 0 Å². The highest BCUT2D eigenvalue weighted by Gasteiger charge is 2.08. The Balaban J connectivity index is 2.78. The maximum Gasteiger partial charge on any atom is 0.158 e. The molecule has 0 aromatic carbocycles. The Morgan fingerprint density at radius 2 is 2.00 bits per heavy atom. The molecule has 1 N–H and O–H groups in total. The highest BCUT2D eigenvalue weighted by Crippen LogP contribution is 2.16. The number of methoxy groups -OCH3 is 1. The summed E-state index contributed by atoms with van der Waals surface area (Å²) in [5, 5.41) is 3.32. The normalized spacial score (nSPS) is 10.6. The van der Waals surface area contributed by atoms with E-state index in [9.17, 15) is 0 Å². The maximum atomic E-state index is 5.15. The van der Waals surface area contributed by atoms with Crippen LogP contribution >= 0.6 is 0 Å². The average molecular weight is 280 g/mol. The highest BCUT2D eigenvalue weighted by molar-refractivity contribution is 5.48. The third-order valence-electron chi connectivity index (χ3n) is 3.08. The van der Waals surface area contributed by atoms with Gasteiger partial charge in [-0.3, -0.25) is 0 Å². The number of hydrogen-bond donors (Lipinski definition) is 1. The van der Waals surface area contributed by atoms with E-state index in [2.05, 4.69) is 41.1 Å². The second kappa shape index (κ2) is 9.53. The topological polar surface area (TPSA) is 50.3 Å². The Hall–Kier alpha value is -1.36. The van der Waals surface area contributed by atoms with Crippen LogP contribution in [0, 0.1) is 0 Å². The van der Waals surface area contributed by atoms with Crippen LogP contribution in [0.2, 0.25) is 0 Å². The molecule has 0 saturated carbocycles. The van der Waals surface area contributed by atoms with Crippen molar-refractivity contribution in [1.82, 2.24) is 9.97 Å².